The highest BCUT2D eigenvalue weighted by atomic mass is 16.6. The van der Waals surface area contributed by atoms with Gasteiger partial charge in [0, 0.05) is 6.42 Å². The van der Waals surface area contributed by atoms with E-state index in [1.165, 1.54) is 6.92 Å². The second-order valence-corrected chi connectivity index (χ2v) is 6.49. The van der Waals surface area contributed by atoms with Crippen molar-refractivity contribution >= 4 is 17.8 Å². The Morgan fingerprint density at radius 2 is 1.75 bits per heavy atom. The quantitative estimate of drug-likeness (QED) is 0.775. The van der Waals surface area contributed by atoms with Crippen LogP contribution in [0.1, 0.15) is 46.1 Å². The van der Waals surface area contributed by atoms with Crippen molar-refractivity contribution in [1.29, 1.82) is 0 Å². The summed E-state index contributed by atoms with van der Waals surface area (Å²) in [5.74, 6) is -0.650. The summed E-state index contributed by atoms with van der Waals surface area (Å²) in [6.07, 6.45) is -0.478. The van der Waals surface area contributed by atoms with E-state index in [4.69, 9.17) is 9.47 Å². The Labute approximate surface area is 142 Å². The van der Waals surface area contributed by atoms with Crippen LogP contribution in [0.25, 0.3) is 0 Å². The number of Topliss-reactive ketones (excluding diaryl/α,β-unsaturated/α-hetero) is 1. The van der Waals surface area contributed by atoms with Gasteiger partial charge in [-0.2, -0.15) is 0 Å². The van der Waals surface area contributed by atoms with Gasteiger partial charge in [0.15, 0.2) is 5.78 Å². The number of alkyl carbamates (subject to hydrolysis) is 1. The first-order chi connectivity index (χ1) is 11.2. The standard InChI is InChI=1S/C18H25NO5/c1-13(20)15(10-11-16(21)24-18(2,3)4)19-17(22)23-12-14-8-6-5-7-9-14/h5-9,15H,10-12H2,1-4H3,(H,19,22)/t15-/m0/s1. The van der Waals surface area contributed by atoms with Gasteiger partial charge in [0.1, 0.15) is 12.2 Å². The van der Waals surface area contributed by atoms with Gasteiger partial charge in [0.2, 0.25) is 0 Å². The maximum absolute atomic E-state index is 11.8. The molecule has 1 atom stereocenters. The third kappa shape index (κ3) is 8.31. The number of nitrogens with one attached hydrogen (secondary N) is 1. The third-order valence-electron chi connectivity index (χ3n) is 3.05. The molecule has 0 aliphatic rings. The lowest BCUT2D eigenvalue weighted by atomic mass is 10.1. The minimum absolute atomic E-state index is 0.0421. The van der Waals surface area contributed by atoms with Gasteiger partial charge in [0.25, 0.3) is 0 Å². The van der Waals surface area contributed by atoms with Crippen molar-refractivity contribution in [2.75, 3.05) is 0 Å². The molecule has 1 aromatic rings. The molecule has 1 rings (SSSR count). The fourth-order valence-electron chi connectivity index (χ4n) is 1.94. The van der Waals surface area contributed by atoms with Crippen LogP contribution in [0.2, 0.25) is 0 Å². The summed E-state index contributed by atoms with van der Waals surface area (Å²) in [4.78, 5) is 35.1. The zero-order chi connectivity index (χ0) is 18.2. The molecule has 0 heterocycles. The van der Waals surface area contributed by atoms with Crippen LogP contribution in [-0.2, 0) is 25.7 Å². The number of benzene rings is 1. The molecule has 6 heteroatoms. The van der Waals surface area contributed by atoms with E-state index in [1.807, 2.05) is 30.3 Å². The number of rotatable bonds is 7. The largest absolute Gasteiger partial charge is 0.460 e. The van der Waals surface area contributed by atoms with E-state index in [-0.39, 0.29) is 25.2 Å². The number of amides is 1. The van der Waals surface area contributed by atoms with Gasteiger partial charge < -0.3 is 14.8 Å². The second kappa shape index (κ2) is 9.05. The second-order valence-electron chi connectivity index (χ2n) is 6.49. The Kier molecular flexibility index (Phi) is 7.42. The lowest BCUT2D eigenvalue weighted by molar-refractivity contribution is -0.155. The van der Waals surface area contributed by atoms with E-state index in [0.717, 1.165) is 5.56 Å². The summed E-state index contributed by atoms with van der Waals surface area (Å²) < 4.78 is 10.3. The fourth-order valence-corrected chi connectivity index (χ4v) is 1.94. The van der Waals surface area contributed by atoms with Crippen LogP contribution in [0.15, 0.2) is 30.3 Å². The molecule has 0 bridgehead atoms. The fraction of sp³-hybridized carbons (Fsp3) is 0.500. The summed E-state index contributed by atoms with van der Waals surface area (Å²) >= 11 is 0. The van der Waals surface area contributed by atoms with Crippen LogP contribution in [0, 0.1) is 0 Å². The molecule has 0 aliphatic heterocycles. The summed E-state index contributed by atoms with van der Waals surface area (Å²) in [6.45, 7) is 6.78. The smallest absolute Gasteiger partial charge is 0.408 e. The summed E-state index contributed by atoms with van der Waals surface area (Å²) in [6, 6.07) is 8.44. The molecule has 1 aromatic carbocycles. The lowest BCUT2D eigenvalue weighted by Gasteiger charge is -2.20. The molecular formula is C18H25NO5. The average molecular weight is 335 g/mol. The number of hydrogen-bond acceptors (Lipinski definition) is 5. The van der Waals surface area contributed by atoms with Crippen LogP contribution >= 0.6 is 0 Å². The molecule has 0 aromatic heterocycles. The average Bonchev–Trinajstić information content (AvgIpc) is 2.48. The first-order valence-corrected chi connectivity index (χ1v) is 7.87. The van der Waals surface area contributed by atoms with Gasteiger partial charge in [-0.15, -0.1) is 0 Å². The van der Waals surface area contributed by atoms with E-state index in [1.54, 1.807) is 20.8 Å². The molecule has 0 radical (unpaired) electrons. The van der Waals surface area contributed by atoms with E-state index in [2.05, 4.69) is 5.32 Å². The zero-order valence-electron chi connectivity index (χ0n) is 14.6. The molecule has 1 N–H and O–H groups in total. The summed E-state index contributed by atoms with van der Waals surface area (Å²) in [7, 11) is 0. The van der Waals surface area contributed by atoms with Crippen LogP contribution in [0.5, 0.6) is 0 Å². The topological polar surface area (TPSA) is 81.7 Å². The maximum Gasteiger partial charge on any atom is 0.408 e. The molecule has 0 saturated heterocycles. The number of ketones is 1. The van der Waals surface area contributed by atoms with Crippen LogP contribution < -0.4 is 5.32 Å². The van der Waals surface area contributed by atoms with Gasteiger partial charge in [-0.25, -0.2) is 4.79 Å². The number of carbonyl (C=O) groups is 3. The molecule has 0 aliphatic carbocycles. The molecule has 0 unspecified atom stereocenters. The Morgan fingerprint density at radius 3 is 2.29 bits per heavy atom. The van der Waals surface area contributed by atoms with Crippen molar-refractivity contribution in [2.45, 2.75) is 58.8 Å². The Hall–Kier alpha value is -2.37. The third-order valence-corrected chi connectivity index (χ3v) is 3.05. The molecule has 24 heavy (non-hydrogen) atoms. The SMILES string of the molecule is CC(=O)[C@H](CCC(=O)OC(C)(C)C)NC(=O)OCc1ccccc1. The predicted molar refractivity (Wildman–Crippen MR) is 89.3 cm³/mol. The monoisotopic (exact) mass is 335 g/mol. The van der Waals surface area contributed by atoms with E-state index >= 15 is 0 Å². The van der Waals surface area contributed by atoms with E-state index in [0.29, 0.717) is 0 Å². The van der Waals surface area contributed by atoms with Crippen LogP contribution in [-0.4, -0.2) is 29.5 Å². The molecule has 0 fully saturated rings. The number of carbonyl (C=O) groups excluding carboxylic acids is 3. The summed E-state index contributed by atoms with van der Waals surface area (Å²) in [5, 5.41) is 2.49. The minimum atomic E-state index is -0.777. The zero-order valence-corrected chi connectivity index (χ0v) is 14.6. The molecule has 0 spiro atoms. The minimum Gasteiger partial charge on any atom is -0.460 e. The Morgan fingerprint density at radius 1 is 1.12 bits per heavy atom. The van der Waals surface area contributed by atoms with E-state index in [9.17, 15) is 14.4 Å². The Bertz CT molecular complexity index is 563. The van der Waals surface area contributed by atoms with Crippen molar-refractivity contribution in [3.05, 3.63) is 35.9 Å². The predicted octanol–water partition coefficient (Wildman–Crippen LogP) is 2.99. The number of ether oxygens (including phenoxy) is 2. The highest BCUT2D eigenvalue weighted by molar-refractivity contribution is 5.86. The van der Waals surface area contributed by atoms with Gasteiger partial charge >= 0.3 is 12.1 Å². The first kappa shape index (κ1) is 19.7. The van der Waals surface area contributed by atoms with Gasteiger partial charge in [-0.05, 0) is 39.7 Å². The molecule has 6 nitrogen and oxygen atoms in total. The van der Waals surface area contributed by atoms with Crippen LogP contribution in [0.3, 0.4) is 0 Å². The normalized spacial score (nSPS) is 12.2. The van der Waals surface area contributed by atoms with Crippen molar-refractivity contribution in [3.63, 3.8) is 0 Å². The molecule has 0 saturated carbocycles. The molecule has 1 amide bonds. The van der Waals surface area contributed by atoms with Crippen LogP contribution in [0.4, 0.5) is 4.79 Å². The Balaban J connectivity index is 2.43. The van der Waals surface area contributed by atoms with Crippen molar-refractivity contribution in [1.82, 2.24) is 5.32 Å². The van der Waals surface area contributed by atoms with Gasteiger partial charge in [-0.1, -0.05) is 30.3 Å². The lowest BCUT2D eigenvalue weighted by Crippen LogP contribution is -2.40. The van der Waals surface area contributed by atoms with E-state index < -0.39 is 23.7 Å². The highest BCUT2D eigenvalue weighted by Gasteiger charge is 2.22. The molecule has 132 valence electrons. The first-order valence-electron chi connectivity index (χ1n) is 7.87. The highest BCUT2D eigenvalue weighted by Crippen LogP contribution is 2.10. The van der Waals surface area contributed by atoms with Crippen molar-refractivity contribution < 1.29 is 23.9 Å². The summed E-state index contributed by atoms with van der Waals surface area (Å²) in [5.41, 5.74) is 0.269. The number of esters is 1. The van der Waals surface area contributed by atoms with Crippen molar-refractivity contribution in [3.8, 4) is 0 Å². The maximum atomic E-state index is 11.8. The van der Waals surface area contributed by atoms with Crippen molar-refractivity contribution in [2.24, 2.45) is 0 Å². The van der Waals surface area contributed by atoms with Gasteiger partial charge in [0.05, 0.1) is 6.04 Å². The van der Waals surface area contributed by atoms with Gasteiger partial charge in [-0.3, -0.25) is 9.59 Å². The molecular weight excluding hydrogens is 310 g/mol. The number of hydrogen-bond donors (Lipinski definition) is 1.